The highest BCUT2D eigenvalue weighted by atomic mass is 16.5. The number of benzene rings is 1. The van der Waals surface area contributed by atoms with Gasteiger partial charge in [-0.25, -0.2) is 4.79 Å². The Hall–Kier alpha value is -1.71. The van der Waals surface area contributed by atoms with Crippen LogP contribution in [0.15, 0.2) is 18.2 Å². The molecule has 0 saturated carbocycles. The maximum absolute atomic E-state index is 11.3. The van der Waals surface area contributed by atoms with Crippen molar-refractivity contribution in [3.8, 4) is 5.75 Å². The molecule has 0 atom stereocenters. The highest BCUT2D eigenvalue weighted by molar-refractivity contribution is 5.90. The van der Waals surface area contributed by atoms with Crippen LogP contribution in [0.2, 0.25) is 0 Å². The summed E-state index contributed by atoms with van der Waals surface area (Å²) in [5.74, 6) is 0.715. The Bertz CT molecular complexity index is 388. The van der Waals surface area contributed by atoms with Gasteiger partial charge in [0.15, 0.2) is 0 Å². The van der Waals surface area contributed by atoms with Crippen molar-refractivity contribution in [1.82, 2.24) is 0 Å². The topological polar surface area (TPSA) is 61.5 Å². The number of hydrogen-bond donors (Lipinski definition) is 1. The molecule has 17 heavy (non-hydrogen) atoms. The molecule has 0 fully saturated rings. The second-order valence-electron chi connectivity index (χ2n) is 4.28. The lowest BCUT2D eigenvalue weighted by Gasteiger charge is -2.11. The van der Waals surface area contributed by atoms with E-state index in [1.54, 1.807) is 18.2 Å². The number of methoxy groups -OCH3 is 1. The third-order valence-corrected chi connectivity index (χ3v) is 2.39. The summed E-state index contributed by atoms with van der Waals surface area (Å²) in [6.07, 6.45) is 0.946. The number of nitrogens with two attached hydrogens (primary N) is 1. The molecule has 0 aliphatic carbocycles. The van der Waals surface area contributed by atoms with Crippen molar-refractivity contribution in [2.24, 2.45) is 5.92 Å². The number of nitrogen functional groups attached to an aromatic ring is 1. The average molecular weight is 237 g/mol. The van der Waals surface area contributed by atoms with Gasteiger partial charge in [0.25, 0.3) is 0 Å². The van der Waals surface area contributed by atoms with Crippen LogP contribution in [0.25, 0.3) is 0 Å². The van der Waals surface area contributed by atoms with Crippen molar-refractivity contribution >= 4 is 11.7 Å². The van der Waals surface area contributed by atoms with Crippen molar-refractivity contribution < 1.29 is 14.3 Å². The first-order chi connectivity index (χ1) is 8.04. The Morgan fingerprint density at radius 2 is 2.12 bits per heavy atom. The van der Waals surface area contributed by atoms with Crippen LogP contribution in [0.4, 0.5) is 5.69 Å². The van der Waals surface area contributed by atoms with Crippen molar-refractivity contribution in [3.05, 3.63) is 23.8 Å². The average Bonchev–Trinajstić information content (AvgIpc) is 2.30. The van der Waals surface area contributed by atoms with Gasteiger partial charge < -0.3 is 15.2 Å². The monoisotopic (exact) mass is 237 g/mol. The van der Waals surface area contributed by atoms with Gasteiger partial charge in [0.2, 0.25) is 0 Å². The summed E-state index contributed by atoms with van der Waals surface area (Å²) in [6.45, 7) is 4.83. The number of esters is 1. The standard InChI is InChI=1S/C13H19NO3/c1-9(2)6-7-17-12-8-10(13(15)16-3)4-5-11(12)14/h4-5,8-9H,6-7,14H2,1-3H3. The van der Waals surface area contributed by atoms with Gasteiger partial charge in [-0.2, -0.15) is 0 Å². The zero-order chi connectivity index (χ0) is 12.8. The number of rotatable bonds is 5. The molecule has 0 aliphatic rings. The largest absolute Gasteiger partial charge is 0.491 e. The normalized spacial score (nSPS) is 10.4. The van der Waals surface area contributed by atoms with Crippen LogP contribution in [0.1, 0.15) is 30.6 Å². The van der Waals surface area contributed by atoms with Crippen LogP contribution in [-0.4, -0.2) is 19.7 Å². The van der Waals surface area contributed by atoms with E-state index in [2.05, 4.69) is 18.6 Å². The molecule has 0 spiro atoms. The van der Waals surface area contributed by atoms with Crippen molar-refractivity contribution in [3.63, 3.8) is 0 Å². The first kappa shape index (κ1) is 13.4. The molecule has 1 rings (SSSR count). The molecular weight excluding hydrogens is 218 g/mol. The fourth-order valence-electron chi connectivity index (χ4n) is 1.31. The van der Waals surface area contributed by atoms with E-state index in [-0.39, 0.29) is 0 Å². The van der Waals surface area contributed by atoms with E-state index < -0.39 is 5.97 Å². The van der Waals surface area contributed by atoms with E-state index in [9.17, 15) is 4.79 Å². The first-order valence-electron chi connectivity index (χ1n) is 5.65. The van der Waals surface area contributed by atoms with Crippen molar-refractivity contribution in [1.29, 1.82) is 0 Å². The number of hydrogen-bond acceptors (Lipinski definition) is 4. The lowest BCUT2D eigenvalue weighted by molar-refractivity contribution is 0.0600. The first-order valence-corrected chi connectivity index (χ1v) is 5.65. The quantitative estimate of drug-likeness (QED) is 0.631. The van der Waals surface area contributed by atoms with Crippen LogP contribution in [0, 0.1) is 5.92 Å². The van der Waals surface area contributed by atoms with Gasteiger partial charge in [-0.05, 0) is 30.5 Å². The molecule has 1 aromatic rings. The predicted octanol–water partition coefficient (Wildman–Crippen LogP) is 2.48. The number of carbonyl (C=O) groups is 1. The fourth-order valence-corrected chi connectivity index (χ4v) is 1.31. The minimum atomic E-state index is -0.390. The Balaban J connectivity index is 2.73. The molecule has 0 aromatic heterocycles. The predicted molar refractivity (Wildman–Crippen MR) is 67.1 cm³/mol. The van der Waals surface area contributed by atoms with Crippen LogP contribution in [-0.2, 0) is 4.74 Å². The van der Waals surface area contributed by atoms with Gasteiger partial charge >= 0.3 is 5.97 Å². The van der Waals surface area contributed by atoms with Gasteiger partial charge in [0.05, 0.1) is 25.0 Å². The van der Waals surface area contributed by atoms with E-state index in [4.69, 9.17) is 10.5 Å². The summed E-state index contributed by atoms with van der Waals surface area (Å²) in [6, 6.07) is 4.88. The molecule has 1 aromatic carbocycles. The van der Waals surface area contributed by atoms with Crippen molar-refractivity contribution in [2.45, 2.75) is 20.3 Å². The summed E-state index contributed by atoms with van der Waals surface area (Å²) in [4.78, 5) is 11.3. The van der Waals surface area contributed by atoms with Crippen LogP contribution < -0.4 is 10.5 Å². The Labute approximate surface area is 102 Å². The molecule has 0 radical (unpaired) electrons. The summed E-state index contributed by atoms with van der Waals surface area (Å²) in [7, 11) is 1.35. The Morgan fingerprint density at radius 1 is 1.41 bits per heavy atom. The van der Waals surface area contributed by atoms with Crippen LogP contribution >= 0.6 is 0 Å². The van der Waals surface area contributed by atoms with Gasteiger partial charge in [0.1, 0.15) is 5.75 Å². The maximum atomic E-state index is 11.3. The zero-order valence-corrected chi connectivity index (χ0v) is 10.5. The van der Waals surface area contributed by atoms with Crippen LogP contribution in [0.5, 0.6) is 5.75 Å². The maximum Gasteiger partial charge on any atom is 0.337 e. The van der Waals surface area contributed by atoms with E-state index in [1.165, 1.54) is 7.11 Å². The Morgan fingerprint density at radius 3 is 2.71 bits per heavy atom. The molecule has 0 unspecified atom stereocenters. The van der Waals surface area contributed by atoms with Gasteiger partial charge in [-0.3, -0.25) is 0 Å². The molecule has 2 N–H and O–H groups in total. The van der Waals surface area contributed by atoms with Crippen molar-refractivity contribution in [2.75, 3.05) is 19.5 Å². The van der Waals surface area contributed by atoms with E-state index in [0.717, 1.165) is 6.42 Å². The SMILES string of the molecule is COC(=O)c1ccc(N)c(OCCC(C)C)c1. The lowest BCUT2D eigenvalue weighted by atomic mass is 10.1. The summed E-state index contributed by atoms with van der Waals surface area (Å²) < 4.78 is 10.2. The van der Waals surface area contributed by atoms with Gasteiger partial charge in [-0.15, -0.1) is 0 Å². The number of anilines is 1. The summed E-state index contributed by atoms with van der Waals surface area (Å²) in [5.41, 5.74) is 6.75. The second-order valence-corrected chi connectivity index (χ2v) is 4.28. The summed E-state index contributed by atoms with van der Waals surface area (Å²) >= 11 is 0. The zero-order valence-electron chi connectivity index (χ0n) is 10.5. The van der Waals surface area contributed by atoms with Crippen LogP contribution in [0.3, 0.4) is 0 Å². The molecule has 0 saturated heterocycles. The molecule has 0 amide bonds. The minimum Gasteiger partial charge on any atom is -0.491 e. The second kappa shape index (κ2) is 6.13. The summed E-state index contributed by atoms with van der Waals surface area (Å²) in [5, 5.41) is 0. The molecular formula is C13H19NO3. The van der Waals surface area contributed by atoms with Gasteiger partial charge in [-0.1, -0.05) is 13.8 Å². The molecule has 94 valence electrons. The molecule has 0 heterocycles. The molecule has 0 aliphatic heterocycles. The molecule has 4 nitrogen and oxygen atoms in total. The van der Waals surface area contributed by atoms with E-state index in [0.29, 0.717) is 29.5 Å². The lowest BCUT2D eigenvalue weighted by Crippen LogP contribution is -2.06. The molecule has 0 bridgehead atoms. The number of ether oxygens (including phenoxy) is 2. The fraction of sp³-hybridized carbons (Fsp3) is 0.462. The van der Waals surface area contributed by atoms with E-state index in [1.807, 2.05) is 0 Å². The Kier molecular flexibility index (Phi) is 4.82. The minimum absolute atomic E-state index is 0.390. The highest BCUT2D eigenvalue weighted by Crippen LogP contribution is 2.23. The highest BCUT2D eigenvalue weighted by Gasteiger charge is 2.09. The van der Waals surface area contributed by atoms with E-state index >= 15 is 0 Å². The molecule has 4 heteroatoms. The van der Waals surface area contributed by atoms with Gasteiger partial charge in [0, 0.05) is 0 Å². The third kappa shape index (κ3) is 3.98. The number of carbonyl (C=O) groups excluding carboxylic acids is 1. The smallest absolute Gasteiger partial charge is 0.337 e. The third-order valence-electron chi connectivity index (χ3n) is 2.39.